The first-order chi connectivity index (χ1) is 8.24. The van der Waals surface area contributed by atoms with Gasteiger partial charge in [-0.1, -0.05) is 6.07 Å². The van der Waals surface area contributed by atoms with Crippen molar-refractivity contribution in [3.05, 3.63) is 29.6 Å². The second-order valence-corrected chi connectivity index (χ2v) is 4.10. The fraction of sp³-hybridized carbons (Fsp3) is 0.462. The number of ether oxygens (including phenoxy) is 2. The molecule has 17 heavy (non-hydrogen) atoms. The summed E-state index contributed by atoms with van der Waals surface area (Å²) >= 11 is 0. The van der Waals surface area contributed by atoms with Crippen LogP contribution in [0.3, 0.4) is 0 Å². The van der Waals surface area contributed by atoms with Crippen molar-refractivity contribution >= 4 is 5.78 Å². The molecule has 1 aliphatic heterocycles. The molecule has 0 aromatic heterocycles. The molecule has 2 rings (SSSR count). The standard InChI is InChI=1S/C13H15FO3/c1-16-11-6-2-5-10(14)12(11)13(15)9-4-3-7-17-8-9/h2,5-6,9H,3-4,7-8H2,1H3. The van der Waals surface area contributed by atoms with Crippen molar-refractivity contribution < 1.29 is 18.7 Å². The first-order valence-corrected chi connectivity index (χ1v) is 5.68. The van der Waals surface area contributed by atoms with Crippen LogP contribution < -0.4 is 4.74 Å². The Morgan fingerprint density at radius 2 is 2.35 bits per heavy atom. The third kappa shape index (κ3) is 2.47. The van der Waals surface area contributed by atoms with Gasteiger partial charge in [-0.15, -0.1) is 0 Å². The van der Waals surface area contributed by atoms with Crippen LogP contribution in [0.15, 0.2) is 18.2 Å². The molecular weight excluding hydrogens is 223 g/mol. The highest BCUT2D eigenvalue weighted by molar-refractivity contribution is 6.00. The third-order valence-corrected chi connectivity index (χ3v) is 2.97. The Morgan fingerprint density at radius 3 is 3.00 bits per heavy atom. The van der Waals surface area contributed by atoms with Crippen molar-refractivity contribution in [1.29, 1.82) is 0 Å². The number of carbonyl (C=O) groups excluding carboxylic acids is 1. The predicted octanol–water partition coefficient (Wildman–Crippen LogP) is 2.44. The molecule has 1 aliphatic rings. The van der Waals surface area contributed by atoms with Gasteiger partial charge in [0.2, 0.25) is 0 Å². The molecule has 3 nitrogen and oxygen atoms in total. The fourth-order valence-electron chi connectivity index (χ4n) is 2.07. The lowest BCUT2D eigenvalue weighted by Gasteiger charge is -2.21. The second-order valence-electron chi connectivity index (χ2n) is 4.10. The van der Waals surface area contributed by atoms with Crippen molar-refractivity contribution in [2.75, 3.05) is 20.3 Å². The maximum absolute atomic E-state index is 13.7. The Labute approximate surface area is 99.5 Å². The number of ketones is 1. The van der Waals surface area contributed by atoms with E-state index in [2.05, 4.69) is 0 Å². The Morgan fingerprint density at radius 1 is 1.53 bits per heavy atom. The minimum absolute atomic E-state index is 0.0468. The number of Topliss-reactive ketones (excluding diaryl/α,β-unsaturated/α-hetero) is 1. The molecule has 4 heteroatoms. The molecule has 1 atom stereocenters. The maximum Gasteiger partial charge on any atom is 0.174 e. The van der Waals surface area contributed by atoms with Crippen LogP contribution in [-0.2, 0) is 4.74 Å². The highest BCUT2D eigenvalue weighted by Gasteiger charge is 2.27. The van der Waals surface area contributed by atoms with E-state index in [0.29, 0.717) is 19.0 Å². The van der Waals surface area contributed by atoms with Gasteiger partial charge in [-0.2, -0.15) is 0 Å². The molecule has 0 radical (unpaired) electrons. The minimum atomic E-state index is -0.528. The molecule has 0 saturated carbocycles. The van der Waals surface area contributed by atoms with Gasteiger partial charge in [0.05, 0.1) is 19.3 Å². The third-order valence-electron chi connectivity index (χ3n) is 2.97. The summed E-state index contributed by atoms with van der Waals surface area (Å²) in [5.41, 5.74) is 0.0468. The highest BCUT2D eigenvalue weighted by atomic mass is 19.1. The molecule has 92 valence electrons. The number of halogens is 1. The van der Waals surface area contributed by atoms with Crippen LogP contribution in [0.2, 0.25) is 0 Å². The van der Waals surface area contributed by atoms with Crippen molar-refractivity contribution in [2.24, 2.45) is 5.92 Å². The Bertz CT molecular complexity index is 411. The molecule has 0 spiro atoms. The van der Waals surface area contributed by atoms with E-state index in [9.17, 15) is 9.18 Å². The average molecular weight is 238 g/mol. The largest absolute Gasteiger partial charge is 0.496 e. The summed E-state index contributed by atoms with van der Waals surface area (Å²) in [5, 5.41) is 0. The normalized spacial score (nSPS) is 20.0. The number of hydrogen-bond acceptors (Lipinski definition) is 3. The second kappa shape index (κ2) is 5.27. The van der Waals surface area contributed by atoms with Crippen molar-refractivity contribution in [2.45, 2.75) is 12.8 Å². The van der Waals surface area contributed by atoms with E-state index in [1.165, 1.54) is 19.2 Å². The zero-order valence-corrected chi connectivity index (χ0v) is 9.74. The summed E-state index contributed by atoms with van der Waals surface area (Å²) < 4.78 is 24.0. The number of benzene rings is 1. The molecule has 1 aromatic rings. The van der Waals surface area contributed by atoms with Gasteiger partial charge >= 0.3 is 0 Å². The number of carbonyl (C=O) groups is 1. The molecule has 0 aliphatic carbocycles. The van der Waals surface area contributed by atoms with E-state index in [0.717, 1.165) is 12.8 Å². The Hall–Kier alpha value is -1.42. The van der Waals surface area contributed by atoms with Crippen LogP contribution >= 0.6 is 0 Å². The fourth-order valence-corrected chi connectivity index (χ4v) is 2.07. The monoisotopic (exact) mass is 238 g/mol. The summed E-state index contributed by atoms with van der Waals surface area (Å²) in [4.78, 5) is 12.2. The van der Waals surface area contributed by atoms with Gasteiger partial charge in [-0.25, -0.2) is 4.39 Å². The summed E-state index contributed by atoms with van der Waals surface area (Å²) in [6.07, 6.45) is 1.59. The van der Waals surface area contributed by atoms with E-state index in [-0.39, 0.29) is 17.3 Å². The van der Waals surface area contributed by atoms with Crippen molar-refractivity contribution in [1.82, 2.24) is 0 Å². The topological polar surface area (TPSA) is 35.5 Å². The molecule has 1 saturated heterocycles. The molecule has 1 fully saturated rings. The zero-order chi connectivity index (χ0) is 12.3. The molecule has 0 N–H and O–H groups in total. The molecular formula is C13H15FO3. The summed E-state index contributed by atoms with van der Waals surface area (Å²) in [7, 11) is 1.43. The lowest BCUT2D eigenvalue weighted by atomic mass is 9.92. The van der Waals surface area contributed by atoms with Crippen LogP contribution in [0.1, 0.15) is 23.2 Å². The van der Waals surface area contributed by atoms with E-state index in [1.807, 2.05) is 0 Å². The quantitative estimate of drug-likeness (QED) is 0.759. The van der Waals surface area contributed by atoms with Gasteiger partial charge in [0.15, 0.2) is 5.78 Å². The van der Waals surface area contributed by atoms with Gasteiger partial charge < -0.3 is 9.47 Å². The van der Waals surface area contributed by atoms with E-state index < -0.39 is 5.82 Å². The van der Waals surface area contributed by atoms with Crippen LogP contribution in [-0.4, -0.2) is 26.1 Å². The van der Waals surface area contributed by atoms with Gasteiger partial charge in [0, 0.05) is 12.5 Å². The smallest absolute Gasteiger partial charge is 0.174 e. The molecule has 1 unspecified atom stereocenters. The lowest BCUT2D eigenvalue weighted by molar-refractivity contribution is 0.0457. The number of rotatable bonds is 3. The van der Waals surface area contributed by atoms with Crippen LogP contribution in [0.5, 0.6) is 5.75 Å². The van der Waals surface area contributed by atoms with Crippen LogP contribution in [0, 0.1) is 11.7 Å². The van der Waals surface area contributed by atoms with Crippen LogP contribution in [0.4, 0.5) is 4.39 Å². The highest BCUT2D eigenvalue weighted by Crippen LogP contribution is 2.27. The van der Waals surface area contributed by atoms with Gasteiger partial charge in [0.1, 0.15) is 11.6 Å². The first kappa shape index (κ1) is 12.0. The van der Waals surface area contributed by atoms with Gasteiger partial charge in [-0.05, 0) is 25.0 Å². The molecule has 0 bridgehead atoms. The first-order valence-electron chi connectivity index (χ1n) is 5.68. The lowest BCUT2D eigenvalue weighted by Crippen LogP contribution is -2.26. The van der Waals surface area contributed by atoms with E-state index >= 15 is 0 Å². The summed E-state index contributed by atoms with van der Waals surface area (Å²) in [6, 6.07) is 4.40. The minimum Gasteiger partial charge on any atom is -0.496 e. The van der Waals surface area contributed by atoms with E-state index in [4.69, 9.17) is 9.47 Å². The summed E-state index contributed by atoms with van der Waals surface area (Å²) in [6.45, 7) is 1.05. The SMILES string of the molecule is COc1cccc(F)c1C(=O)C1CCCOC1. The average Bonchev–Trinajstić information content (AvgIpc) is 2.38. The zero-order valence-electron chi connectivity index (χ0n) is 9.74. The number of methoxy groups -OCH3 is 1. The molecule has 1 aromatic carbocycles. The Kier molecular flexibility index (Phi) is 3.74. The molecule has 0 amide bonds. The maximum atomic E-state index is 13.7. The Balaban J connectivity index is 2.29. The van der Waals surface area contributed by atoms with Crippen molar-refractivity contribution in [3.8, 4) is 5.75 Å². The number of hydrogen-bond donors (Lipinski definition) is 0. The summed E-state index contributed by atoms with van der Waals surface area (Å²) in [5.74, 6) is -0.713. The van der Waals surface area contributed by atoms with E-state index in [1.54, 1.807) is 6.07 Å². The van der Waals surface area contributed by atoms with Gasteiger partial charge in [0.25, 0.3) is 0 Å². The van der Waals surface area contributed by atoms with Gasteiger partial charge in [-0.3, -0.25) is 4.79 Å². The van der Waals surface area contributed by atoms with Crippen LogP contribution in [0.25, 0.3) is 0 Å². The molecule has 1 heterocycles. The predicted molar refractivity (Wildman–Crippen MR) is 60.8 cm³/mol. The van der Waals surface area contributed by atoms with Crippen molar-refractivity contribution in [3.63, 3.8) is 0 Å².